The first-order chi connectivity index (χ1) is 8.25. The van der Waals surface area contributed by atoms with Crippen molar-refractivity contribution in [3.63, 3.8) is 0 Å². The Kier molecular flexibility index (Phi) is 13.6. The minimum absolute atomic E-state index is 0. The lowest BCUT2D eigenvalue weighted by molar-refractivity contribution is 0.0953. The van der Waals surface area contributed by atoms with Crippen molar-refractivity contribution >= 4 is 42.3 Å². The van der Waals surface area contributed by atoms with E-state index in [1.807, 2.05) is 0 Å². The van der Waals surface area contributed by atoms with Gasteiger partial charge in [-0.2, -0.15) is 0 Å². The topological polar surface area (TPSA) is 63.2 Å². The van der Waals surface area contributed by atoms with Crippen molar-refractivity contribution in [1.29, 1.82) is 0 Å². The fourth-order valence-electron chi connectivity index (χ4n) is 1.22. The Bertz CT molecular complexity index is 367. The Labute approximate surface area is 130 Å². The van der Waals surface area contributed by atoms with Gasteiger partial charge < -0.3 is 15.4 Å². The minimum Gasteiger partial charge on any atom is -0.383 e. The van der Waals surface area contributed by atoms with E-state index in [0.717, 1.165) is 6.54 Å². The van der Waals surface area contributed by atoms with Crippen LogP contribution in [0.5, 0.6) is 0 Å². The summed E-state index contributed by atoms with van der Waals surface area (Å²) in [5.74, 6) is -0.189. The van der Waals surface area contributed by atoms with E-state index < -0.39 is 0 Å². The zero-order valence-electron chi connectivity index (χ0n) is 10.5. The van der Waals surface area contributed by atoms with E-state index in [1.54, 1.807) is 13.2 Å². The van der Waals surface area contributed by atoms with Gasteiger partial charge in [0.2, 0.25) is 0 Å². The van der Waals surface area contributed by atoms with Gasteiger partial charge in [-0.25, -0.2) is 0 Å². The van der Waals surface area contributed by atoms with Gasteiger partial charge in [-0.15, -0.1) is 24.8 Å². The van der Waals surface area contributed by atoms with Crippen molar-refractivity contribution in [2.45, 2.75) is 0 Å². The molecule has 1 amide bonds. The molecule has 0 fully saturated rings. The SMILES string of the molecule is COCCNCCNC(=O)c1ccncc1Cl.Cl.Cl. The molecule has 0 radical (unpaired) electrons. The number of amides is 1. The first-order valence-corrected chi connectivity index (χ1v) is 5.71. The average Bonchev–Trinajstić information content (AvgIpc) is 2.34. The molecular weight excluding hydrogens is 312 g/mol. The van der Waals surface area contributed by atoms with Gasteiger partial charge in [-0.1, -0.05) is 11.6 Å². The molecule has 0 unspecified atom stereocenters. The van der Waals surface area contributed by atoms with Gasteiger partial charge in [0.25, 0.3) is 5.91 Å². The lowest BCUT2D eigenvalue weighted by Crippen LogP contribution is -2.33. The van der Waals surface area contributed by atoms with Crippen molar-refractivity contribution in [3.8, 4) is 0 Å². The van der Waals surface area contributed by atoms with Crippen molar-refractivity contribution in [3.05, 3.63) is 29.0 Å². The maximum atomic E-state index is 11.7. The maximum Gasteiger partial charge on any atom is 0.252 e. The highest BCUT2D eigenvalue weighted by molar-refractivity contribution is 6.33. The molecule has 0 aliphatic carbocycles. The Balaban J connectivity index is 0. The Morgan fingerprint density at radius 2 is 2.11 bits per heavy atom. The van der Waals surface area contributed by atoms with Crippen LogP contribution in [0.25, 0.3) is 0 Å². The third-order valence-electron chi connectivity index (χ3n) is 2.09. The number of hydrogen-bond acceptors (Lipinski definition) is 4. The molecular formula is C11H18Cl3N3O2. The van der Waals surface area contributed by atoms with Gasteiger partial charge in [-0.3, -0.25) is 9.78 Å². The van der Waals surface area contributed by atoms with Gasteiger partial charge >= 0.3 is 0 Å². The second kappa shape index (κ2) is 12.4. The van der Waals surface area contributed by atoms with E-state index in [0.29, 0.717) is 30.3 Å². The van der Waals surface area contributed by atoms with Gasteiger partial charge in [0.1, 0.15) is 0 Å². The summed E-state index contributed by atoms with van der Waals surface area (Å²) < 4.78 is 4.88. The number of nitrogens with zero attached hydrogens (tertiary/aromatic N) is 1. The number of nitrogens with one attached hydrogen (secondary N) is 2. The highest BCUT2D eigenvalue weighted by atomic mass is 35.5. The third kappa shape index (κ3) is 8.23. The fraction of sp³-hybridized carbons (Fsp3) is 0.455. The fourth-order valence-corrected chi connectivity index (χ4v) is 1.42. The maximum absolute atomic E-state index is 11.7. The van der Waals surface area contributed by atoms with Gasteiger partial charge in [0.05, 0.1) is 17.2 Å². The largest absolute Gasteiger partial charge is 0.383 e. The van der Waals surface area contributed by atoms with Crippen LogP contribution in [0.1, 0.15) is 10.4 Å². The number of halogens is 3. The first kappa shape index (κ1) is 20.7. The number of carbonyl (C=O) groups excluding carboxylic acids is 1. The number of pyridine rings is 1. The third-order valence-corrected chi connectivity index (χ3v) is 2.39. The van der Waals surface area contributed by atoms with Gasteiger partial charge in [-0.05, 0) is 6.07 Å². The van der Waals surface area contributed by atoms with Crippen LogP contribution < -0.4 is 10.6 Å². The van der Waals surface area contributed by atoms with Crippen LogP contribution in [0.15, 0.2) is 18.5 Å². The van der Waals surface area contributed by atoms with Crippen LogP contribution in [0.2, 0.25) is 5.02 Å². The summed E-state index contributed by atoms with van der Waals surface area (Å²) >= 11 is 5.84. The molecule has 110 valence electrons. The summed E-state index contributed by atoms with van der Waals surface area (Å²) in [6, 6.07) is 1.59. The molecule has 0 spiro atoms. The molecule has 0 aliphatic heterocycles. The molecule has 1 aromatic heterocycles. The van der Waals surface area contributed by atoms with E-state index >= 15 is 0 Å². The summed E-state index contributed by atoms with van der Waals surface area (Å²) in [5.41, 5.74) is 0.443. The highest BCUT2D eigenvalue weighted by Crippen LogP contribution is 2.12. The van der Waals surface area contributed by atoms with Crippen molar-refractivity contribution < 1.29 is 9.53 Å². The van der Waals surface area contributed by atoms with E-state index in [4.69, 9.17) is 16.3 Å². The zero-order valence-corrected chi connectivity index (χ0v) is 12.9. The first-order valence-electron chi connectivity index (χ1n) is 5.33. The molecule has 5 nitrogen and oxygen atoms in total. The van der Waals surface area contributed by atoms with Gasteiger partial charge in [0.15, 0.2) is 0 Å². The molecule has 1 rings (SSSR count). The Morgan fingerprint density at radius 3 is 2.74 bits per heavy atom. The number of rotatable bonds is 7. The Hall–Kier alpha value is -0.590. The lowest BCUT2D eigenvalue weighted by Gasteiger charge is -2.07. The van der Waals surface area contributed by atoms with Crippen LogP contribution in [0.3, 0.4) is 0 Å². The molecule has 0 atom stereocenters. The number of aromatic nitrogens is 1. The predicted molar refractivity (Wildman–Crippen MR) is 80.8 cm³/mol. The smallest absolute Gasteiger partial charge is 0.252 e. The van der Waals surface area contributed by atoms with Crippen LogP contribution in [0, 0.1) is 0 Å². The molecule has 0 aliphatic rings. The molecule has 0 saturated carbocycles. The summed E-state index contributed by atoms with van der Waals surface area (Å²) in [4.78, 5) is 15.5. The summed E-state index contributed by atoms with van der Waals surface area (Å²) in [6.45, 7) is 2.66. The number of methoxy groups -OCH3 is 1. The quantitative estimate of drug-likeness (QED) is 0.745. The van der Waals surface area contributed by atoms with E-state index in [-0.39, 0.29) is 30.7 Å². The van der Waals surface area contributed by atoms with Crippen molar-refractivity contribution in [2.75, 3.05) is 33.4 Å². The van der Waals surface area contributed by atoms with Crippen molar-refractivity contribution in [1.82, 2.24) is 15.6 Å². The van der Waals surface area contributed by atoms with Crippen molar-refractivity contribution in [2.24, 2.45) is 0 Å². The summed E-state index contributed by atoms with van der Waals surface area (Å²) in [5, 5.41) is 6.24. The molecule has 0 aromatic carbocycles. The molecule has 1 aromatic rings. The number of carbonyl (C=O) groups is 1. The highest BCUT2D eigenvalue weighted by Gasteiger charge is 2.08. The van der Waals surface area contributed by atoms with Crippen LogP contribution >= 0.6 is 36.4 Å². The minimum atomic E-state index is -0.189. The number of hydrogen-bond donors (Lipinski definition) is 2. The predicted octanol–water partition coefficient (Wildman–Crippen LogP) is 1.54. The molecule has 1 heterocycles. The normalized spacial score (nSPS) is 9.16. The van der Waals surface area contributed by atoms with Gasteiger partial charge in [0, 0.05) is 39.1 Å². The standard InChI is InChI=1S/C11H16ClN3O2.2ClH/c1-17-7-6-13-4-5-15-11(16)9-2-3-14-8-10(9)12;;/h2-3,8,13H,4-7H2,1H3,(H,15,16);2*1H. The van der Waals surface area contributed by atoms with Crippen LogP contribution in [-0.4, -0.2) is 44.2 Å². The molecule has 8 heteroatoms. The molecule has 0 bridgehead atoms. The molecule has 2 N–H and O–H groups in total. The second-order valence-electron chi connectivity index (χ2n) is 3.35. The molecule has 0 saturated heterocycles. The average molecular weight is 331 g/mol. The number of ether oxygens (including phenoxy) is 1. The summed E-state index contributed by atoms with van der Waals surface area (Å²) in [7, 11) is 1.65. The monoisotopic (exact) mass is 329 g/mol. The second-order valence-corrected chi connectivity index (χ2v) is 3.76. The van der Waals surface area contributed by atoms with E-state index in [9.17, 15) is 4.79 Å². The van der Waals surface area contributed by atoms with Crippen LogP contribution in [0.4, 0.5) is 0 Å². The van der Waals surface area contributed by atoms with E-state index in [2.05, 4.69) is 15.6 Å². The summed E-state index contributed by atoms with van der Waals surface area (Å²) in [6.07, 6.45) is 2.99. The zero-order chi connectivity index (χ0) is 12.5. The lowest BCUT2D eigenvalue weighted by atomic mass is 10.2. The van der Waals surface area contributed by atoms with Crippen LogP contribution in [-0.2, 0) is 4.74 Å². The molecule has 19 heavy (non-hydrogen) atoms. The Morgan fingerprint density at radius 1 is 1.37 bits per heavy atom. The van der Waals surface area contributed by atoms with E-state index in [1.165, 1.54) is 12.4 Å².